The molecular weight excluding hydrogens is 652 g/mol. The number of benzene rings is 3. The Labute approximate surface area is 294 Å². The zero-order valence-corrected chi connectivity index (χ0v) is 27.9. The van der Waals surface area contributed by atoms with Gasteiger partial charge in [0, 0.05) is 41.7 Å². The molecule has 1 atom stereocenters. The number of aromatic nitrogens is 2. The van der Waals surface area contributed by atoms with Gasteiger partial charge in [-0.25, -0.2) is 5.48 Å². The van der Waals surface area contributed by atoms with Crippen LogP contribution in [0.2, 0.25) is 0 Å². The van der Waals surface area contributed by atoms with Crippen molar-refractivity contribution in [1.29, 1.82) is 0 Å². The first-order valence-corrected chi connectivity index (χ1v) is 16.7. The van der Waals surface area contributed by atoms with Crippen molar-refractivity contribution in [2.75, 3.05) is 28.7 Å². The number of rotatable bonds is 16. The molecule has 0 fully saturated rings. The van der Waals surface area contributed by atoms with E-state index < -0.39 is 36.4 Å². The highest BCUT2D eigenvalue weighted by atomic mass is 16.5. The zero-order chi connectivity index (χ0) is 36.2. The summed E-state index contributed by atoms with van der Waals surface area (Å²) in [6.45, 7) is -0.721. The third-order valence-electron chi connectivity index (χ3n) is 8.42. The highest BCUT2D eigenvalue weighted by molar-refractivity contribution is 6.17. The van der Waals surface area contributed by atoms with Crippen molar-refractivity contribution >= 4 is 62.5 Å². The minimum Gasteiger partial charge on any atom is -0.394 e. The maximum Gasteiger partial charge on any atom is 0.243 e. The van der Waals surface area contributed by atoms with Crippen LogP contribution in [0.15, 0.2) is 97.3 Å². The number of hydrogen-bond donors (Lipinski definition) is 6. The fraction of sp³-hybridized carbons (Fsp3) is 0.263. The van der Waals surface area contributed by atoms with Gasteiger partial charge in [0.15, 0.2) is 0 Å². The molecule has 264 valence electrons. The Balaban J connectivity index is 1.40. The van der Waals surface area contributed by atoms with Crippen LogP contribution in [0.3, 0.4) is 0 Å². The summed E-state index contributed by atoms with van der Waals surface area (Å²) in [7, 11) is 0. The van der Waals surface area contributed by atoms with E-state index in [9.17, 15) is 29.4 Å². The van der Waals surface area contributed by atoms with Crippen LogP contribution in [0.25, 0.3) is 21.8 Å². The first-order chi connectivity index (χ1) is 24.8. The van der Waals surface area contributed by atoms with Gasteiger partial charge in [0.05, 0.1) is 41.7 Å². The number of unbranched alkanes of at least 4 members (excludes halogenated alkanes) is 3. The number of hydroxylamine groups is 1. The van der Waals surface area contributed by atoms with E-state index in [-0.39, 0.29) is 25.3 Å². The lowest BCUT2D eigenvalue weighted by atomic mass is 9.96. The summed E-state index contributed by atoms with van der Waals surface area (Å²) in [5.41, 5.74) is 4.35. The van der Waals surface area contributed by atoms with Crippen LogP contribution in [0.1, 0.15) is 50.0 Å². The second kappa shape index (κ2) is 17.8. The van der Waals surface area contributed by atoms with Gasteiger partial charge in [-0.15, -0.1) is 0 Å². The number of aliphatic hydroxyl groups excluding tert-OH is 2. The van der Waals surface area contributed by atoms with Gasteiger partial charge in [-0.05, 0) is 54.8 Å². The fourth-order valence-electron chi connectivity index (χ4n) is 5.81. The van der Waals surface area contributed by atoms with Crippen molar-refractivity contribution in [1.82, 2.24) is 15.4 Å². The molecule has 5 rings (SSSR count). The van der Waals surface area contributed by atoms with Crippen molar-refractivity contribution in [3.63, 3.8) is 0 Å². The van der Waals surface area contributed by atoms with Gasteiger partial charge in [0.1, 0.15) is 5.92 Å². The number of hydrogen-bond acceptors (Lipinski definition) is 9. The summed E-state index contributed by atoms with van der Waals surface area (Å²) >= 11 is 0. The lowest BCUT2D eigenvalue weighted by Gasteiger charge is -2.26. The Bertz CT molecular complexity index is 1880. The summed E-state index contributed by atoms with van der Waals surface area (Å²) in [5, 5.41) is 35.8. The van der Waals surface area contributed by atoms with Crippen LogP contribution in [-0.2, 0) is 19.2 Å². The quantitative estimate of drug-likeness (QED) is 0.0369. The minimum absolute atomic E-state index is 0.150. The molecule has 13 nitrogen and oxygen atoms in total. The topological polar surface area (TPSA) is 194 Å². The fourth-order valence-corrected chi connectivity index (χ4v) is 5.81. The third-order valence-corrected chi connectivity index (χ3v) is 8.42. The number of nitrogens with zero attached hydrogens (tertiary/aromatic N) is 3. The molecule has 4 amide bonds. The molecule has 2 heterocycles. The van der Waals surface area contributed by atoms with E-state index in [4.69, 9.17) is 5.21 Å². The molecule has 2 aromatic heterocycles. The molecule has 0 saturated heterocycles. The van der Waals surface area contributed by atoms with Gasteiger partial charge in [0.2, 0.25) is 23.6 Å². The molecule has 0 aliphatic carbocycles. The number of para-hydroxylation sites is 2. The largest absolute Gasteiger partial charge is 0.394 e. The van der Waals surface area contributed by atoms with Gasteiger partial charge in [-0.3, -0.25) is 34.4 Å². The maximum absolute atomic E-state index is 14.0. The molecule has 0 aliphatic rings. The van der Waals surface area contributed by atoms with E-state index in [1.807, 2.05) is 24.3 Å². The third kappa shape index (κ3) is 9.48. The Morgan fingerprint density at radius 1 is 0.686 bits per heavy atom. The van der Waals surface area contributed by atoms with Crippen LogP contribution in [0, 0.1) is 0 Å². The van der Waals surface area contributed by atoms with E-state index >= 15 is 0 Å². The van der Waals surface area contributed by atoms with Crippen LogP contribution in [-0.4, -0.2) is 68.3 Å². The molecule has 0 saturated carbocycles. The van der Waals surface area contributed by atoms with Gasteiger partial charge < -0.3 is 25.7 Å². The molecule has 0 aliphatic heterocycles. The van der Waals surface area contributed by atoms with Crippen molar-refractivity contribution in [3.8, 4) is 0 Å². The maximum atomic E-state index is 14.0. The highest BCUT2D eigenvalue weighted by Gasteiger charge is 2.30. The number of amides is 4. The second-order valence-corrected chi connectivity index (χ2v) is 12.1. The predicted molar refractivity (Wildman–Crippen MR) is 193 cm³/mol. The van der Waals surface area contributed by atoms with Crippen LogP contribution in [0.4, 0.5) is 17.1 Å². The van der Waals surface area contributed by atoms with E-state index in [0.29, 0.717) is 59.3 Å². The Kier molecular flexibility index (Phi) is 12.7. The molecule has 13 heteroatoms. The molecule has 0 unspecified atom stereocenters. The second-order valence-electron chi connectivity index (χ2n) is 12.1. The first kappa shape index (κ1) is 36.5. The summed E-state index contributed by atoms with van der Waals surface area (Å²) < 4.78 is 0. The Hall–Kier alpha value is -5.76. The SMILES string of the molecule is O=C(CCCCCCC(=O)N(C[C@H](O)CO)c1ccc(C(C(=O)Nc2cccc3cccnc23)C(=O)Nc2cccc3cccnc23)cc1)NO. The summed E-state index contributed by atoms with van der Waals surface area (Å²) in [5.74, 6) is -3.30. The molecule has 6 N–H and O–H groups in total. The molecule has 3 aromatic carbocycles. The molecule has 5 aromatic rings. The zero-order valence-electron chi connectivity index (χ0n) is 27.9. The smallest absolute Gasteiger partial charge is 0.243 e. The van der Waals surface area contributed by atoms with Gasteiger partial charge in [0.25, 0.3) is 0 Å². The van der Waals surface area contributed by atoms with E-state index in [1.165, 1.54) is 4.90 Å². The van der Waals surface area contributed by atoms with Crippen molar-refractivity contribution in [2.45, 2.75) is 50.5 Å². The first-order valence-electron chi connectivity index (χ1n) is 16.7. The van der Waals surface area contributed by atoms with Crippen molar-refractivity contribution in [3.05, 3.63) is 103 Å². The Morgan fingerprint density at radius 2 is 1.22 bits per heavy atom. The normalized spacial score (nSPS) is 11.7. The van der Waals surface area contributed by atoms with Crippen LogP contribution < -0.4 is 21.0 Å². The summed E-state index contributed by atoms with van der Waals surface area (Å²) in [6.07, 6.45) is 4.82. The van der Waals surface area contributed by atoms with Crippen molar-refractivity contribution in [2.24, 2.45) is 0 Å². The monoisotopic (exact) mass is 692 g/mol. The van der Waals surface area contributed by atoms with E-state index in [2.05, 4.69) is 20.6 Å². The number of nitrogens with one attached hydrogen (secondary N) is 3. The number of pyridine rings is 2. The van der Waals surface area contributed by atoms with Gasteiger partial charge in [-0.2, -0.15) is 0 Å². The van der Waals surface area contributed by atoms with Gasteiger partial charge >= 0.3 is 0 Å². The molecule has 0 bridgehead atoms. The summed E-state index contributed by atoms with van der Waals surface area (Å²) in [6, 6.07) is 24.4. The van der Waals surface area contributed by atoms with Gasteiger partial charge in [-0.1, -0.05) is 61.4 Å². The van der Waals surface area contributed by atoms with E-state index in [0.717, 1.165) is 10.8 Å². The number of anilines is 3. The van der Waals surface area contributed by atoms with Crippen molar-refractivity contribution < 1.29 is 34.6 Å². The number of fused-ring (bicyclic) bond motifs is 2. The molecular formula is C38H40N6O7. The molecule has 0 spiro atoms. The lowest BCUT2D eigenvalue weighted by molar-refractivity contribution is -0.129. The van der Waals surface area contributed by atoms with Crippen LogP contribution in [0.5, 0.6) is 0 Å². The predicted octanol–water partition coefficient (Wildman–Crippen LogP) is 4.68. The van der Waals surface area contributed by atoms with E-state index in [1.54, 1.807) is 78.5 Å². The number of carbonyl (C=O) groups is 4. The minimum atomic E-state index is -1.34. The molecule has 0 radical (unpaired) electrons. The lowest BCUT2D eigenvalue weighted by Crippen LogP contribution is -2.39. The van der Waals surface area contributed by atoms with Crippen LogP contribution >= 0.6 is 0 Å². The number of aliphatic hydroxyl groups is 2. The number of carbonyl (C=O) groups excluding carboxylic acids is 4. The summed E-state index contributed by atoms with van der Waals surface area (Å²) in [4.78, 5) is 62.8. The standard InChI is InChI=1S/C38H40N6O7/c45-24-29(46)23-44(33(48)16-4-2-1-3-15-32(47)43-51)28-19-17-25(18-20-28)34(37(49)41-30-13-5-9-26-11-7-21-39-35(26)30)38(50)42-31-14-6-10-27-12-8-22-40-36(27)31/h5-14,17-22,29,34,45-46,51H,1-4,15-16,23-24H2,(H,41,49)(H,42,50)(H,43,47)/t29-/m0/s1. The average molecular weight is 693 g/mol. The molecule has 51 heavy (non-hydrogen) atoms. The average Bonchev–Trinajstić information content (AvgIpc) is 3.15. The Morgan fingerprint density at radius 3 is 1.75 bits per heavy atom. The highest BCUT2D eigenvalue weighted by Crippen LogP contribution is 2.29.